The van der Waals surface area contributed by atoms with Gasteiger partial charge in [-0.3, -0.25) is 14.4 Å². The predicted octanol–water partition coefficient (Wildman–Crippen LogP) is 0.864. The quantitative estimate of drug-likeness (QED) is 0.817. The second-order valence-corrected chi connectivity index (χ2v) is 5.90. The second kappa shape index (κ2) is 6.92. The number of hydrogen-bond acceptors (Lipinski definition) is 5. The minimum absolute atomic E-state index is 0.120. The van der Waals surface area contributed by atoms with Crippen LogP contribution in [0.2, 0.25) is 0 Å². The molecular weight excluding hydrogens is 326 g/mol. The molecule has 8 nitrogen and oxygen atoms in total. The van der Waals surface area contributed by atoms with Crippen LogP contribution >= 0.6 is 0 Å². The summed E-state index contributed by atoms with van der Waals surface area (Å²) in [7, 11) is 0. The number of alkyl carbamates (subject to hydrolysis) is 1. The Hall–Kier alpha value is -2.90. The number of benzene rings is 1. The summed E-state index contributed by atoms with van der Waals surface area (Å²) in [6.07, 6.45) is -0.306. The SMILES string of the molecule is CCNC(=O)OCN1C(=O)CCC(N2Cc3ccccc3C2=O)C1=O. The first-order valence-corrected chi connectivity index (χ1v) is 8.16. The lowest BCUT2D eigenvalue weighted by Crippen LogP contribution is -2.55. The number of imide groups is 1. The molecule has 1 aromatic carbocycles. The van der Waals surface area contributed by atoms with Gasteiger partial charge in [-0.25, -0.2) is 9.69 Å². The third-order valence-corrected chi connectivity index (χ3v) is 4.36. The molecule has 25 heavy (non-hydrogen) atoms. The van der Waals surface area contributed by atoms with E-state index in [9.17, 15) is 19.2 Å². The standard InChI is InChI=1S/C17H19N3O5/c1-2-18-17(24)25-10-20-14(21)8-7-13(16(20)23)19-9-11-5-3-4-6-12(11)15(19)22/h3-6,13H,2,7-10H2,1H3,(H,18,24). The van der Waals surface area contributed by atoms with E-state index in [0.717, 1.165) is 10.5 Å². The minimum Gasteiger partial charge on any atom is -0.428 e. The lowest BCUT2D eigenvalue weighted by Gasteiger charge is -2.34. The summed E-state index contributed by atoms with van der Waals surface area (Å²) in [4.78, 5) is 51.0. The van der Waals surface area contributed by atoms with Crippen LogP contribution in [0.3, 0.4) is 0 Å². The van der Waals surface area contributed by atoms with E-state index in [-0.39, 0.29) is 18.7 Å². The first-order valence-electron chi connectivity index (χ1n) is 8.16. The second-order valence-electron chi connectivity index (χ2n) is 5.90. The van der Waals surface area contributed by atoms with Crippen molar-refractivity contribution in [2.24, 2.45) is 0 Å². The third-order valence-electron chi connectivity index (χ3n) is 4.36. The summed E-state index contributed by atoms with van der Waals surface area (Å²) in [5, 5.41) is 2.43. The fraction of sp³-hybridized carbons (Fsp3) is 0.412. The highest BCUT2D eigenvalue weighted by Gasteiger charge is 2.42. The minimum atomic E-state index is -0.726. The van der Waals surface area contributed by atoms with Crippen molar-refractivity contribution in [3.05, 3.63) is 35.4 Å². The number of piperidine rings is 1. The number of rotatable bonds is 4. The highest BCUT2D eigenvalue weighted by Crippen LogP contribution is 2.28. The van der Waals surface area contributed by atoms with Gasteiger partial charge in [-0.15, -0.1) is 0 Å². The number of likely N-dealkylation sites (tertiary alicyclic amines) is 1. The van der Waals surface area contributed by atoms with Crippen LogP contribution in [-0.2, 0) is 20.9 Å². The molecule has 0 radical (unpaired) electrons. The Morgan fingerprint density at radius 1 is 1.28 bits per heavy atom. The van der Waals surface area contributed by atoms with E-state index in [1.54, 1.807) is 19.1 Å². The molecule has 0 aliphatic carbocycles. The Balaban J connectivity index is 1.71. The number of carbonyl (C=O) groups is 4. The van der Waals surface area contributed by atoms with Crippen LogP contribution in [0.5, 0.6) is 0 Å². The molecular formula is C17H19N3O5. The van der Waals surface area contributed by atoms with E-state index < -0.39 is 30.7 Å². The summed E-state index contributed by atoms with van der Waals surface area (Å²) in [6, 6.07) is 6.47. The van der Waals surface area contributed by atoms with Crippen LogP contribution in [0, 0.1) is 0 Å². The van der Waals surface area contributed by atoms with Crippen LogP contribution in [0.25, 0.3) is 0 Å². The number of fused-ring (bicyclic) bond motifs is 1. The fourth-order valence-corrected chi connectivity index (χ4v) is 3.09. The van der Waals surface area contributed by atoms with Gasteiger partial charge in [0.1, 0.15) is 6.04 Å². The molecule has 0 saturated carbocycles. The maximum absolute atomic E-state index is 12.7. The molecule has 1 atom stereocenters. The Kier molecular flexibility index (Phi) is 4.69. The van der Waals surface area contributed by atoms with Gasteiger partial charge in [-0.2, -0.15) is 0 Å². The molecule has 1 saturated heterocycles. The number of nitrogens with zero attached hydrogens (tertiary/aromatic N) is 2. The summed E-state index contributed by atoms with van der Waals surface area (Å²) in [5.74, 6) is -1.13. The van der Waals surface area contributed by atoms with Crippen molar-refractivity contribution in [2.75, 3.05) is 13.3 Å². The molecule has 1 fully saturated rings. The Bertz CT molecular complexity index is 733. The van der Waals surface area contributed by atoms with Crippen molar-refractivity contribution in [1.82, 2.24) is 15.1 Å². The average Bonchev–Trinajstić information content (AvgIpc) is 2.92. The zero-order chi connectivity index (χ0) is 18.0. The molecule has 1 aromatic rings. The normalized spacial score (nSPS) is 19.9. The van der Waals surface area contributed by atoms with Crippen LogP contribution in [0.4, 0.5) is 4.79 Å². The molecule has 0 spiro atoms. The number of nitrogens with one attached hydrogen (secondary N) is 1. The Morgan fingerprint density at radius 3 is 2.76 bits per heavy atom. The molecule has 0 bridgehead atoms. The lowest BCUT2D eigenvalue weighted by atomic mass is 10.0. The lowest BCUT2D eigenvalue weighted by molar-refractivity contribution is -0.156. The predicted molar refractivity (Wildman–Crippen MR) is 86.2 cm³/mol. The van der Waals surface area contributed by atoms with Gasteiger partial charge in [0, 0.05) is 25.1 Å². The molecule has 2 aliphatic heterocycles. The third kappa shape index (κ3) is 3.19. The first-order chi connectivity index (χ1) is 12.0. The summed E-state index contributed by atoms with van der Waals surface area (Å²) in [6.45, 7) is 1.99. The Labute approximate surface area is 144 Å². The zero-order valence-electron chi connectivity index (χ0n) is 13.9. The monoisotopic (exact) mass is 345 g/mol. The van der Waals surface area contributed by atoms with Crippen molar-refractivity contribution < 1.29 is 23.9 Å². The number of hydrogen-bond donors (Lipinski definition) is 1. The van der Waals surface area contributed by atoms with Gasteiger partial charge in [0.25, 0.3) is 11.8 Å². The molecule has 2 aliphatic rings. The summed E-state index contributed by atoms with van der Waals surface area (Å²) in [5.41, 5.74) is 1.44. The van der Waals surface area contributed by atoms with Gasteiger partial charge in [0.05, 0.1) is 0 Å². The van der Waals surface area contributed by atoms with Crippen molar-refractivity contribution in [1.29, 1.82) is 0 Å². The zero-order valence-corrected chi connectivity index (χ0v) is 13.9. The van der Waals surface area contributed by atoms with Crippen molar-refractivity contribution in [3.63, 3.8) is 0 Å². The number of amides is 4. The fourth-order valence-electron chi connectivity index (χ4n) is 3.09. The van der Waals surface area contributed by atoms with E-state index in [1.165, 1.54) is 4.90 Å². The highest BCUT2D eigenvalue weighted by atomic mass is 16.6. The number of ether oxygens (including phenoxy) is 1. The smallest absolute Gasteiger partial charge is 0.408 e. The van der Waals surface area contributed by atoms with Gasteiger partial charge >= 0.3 is 6.09 Å². The largest absolute Gasteiger partial charge is 0.428 e. The highest BCUT2D eigenvalue weighted by molar-refractivity contribution is 6.05. The van der Waals surface area contributed by atoms with Crippen LogP contribution in [0.15, 0.2) is 24.3 Å². The van der Waals surface area contributed by atoms with Crippen LogP contribution in [0.1, 0.15) is 35.7 Å². The average molecular weight is 345 g/mol. The van der Waals surface area contributed by atoms with Gasteiger partial charge in [-0.05, 0) is 25.0 Å². The van der Waals surface area contributed by atoms with Gasteiger partial charge in [0.15, 0.2) is 6.73 Å². The van der Waals surface area contributed by atoms with Crippen molar-refractivity contribution in [3.8, 4) is 0 Å². The topological polar surface area (TPSA) is 96.0 Å². The first kappa shape index (κ1) is 16.9. The molecule has 8 heteroatoms. The molecule has 1 N–H and O–H groups in total. The van der Waals surface area contributed by atoms with Crippen molar-refractivity contribution >= 4 is 23.8 Å². The van der Waals surface area contributed by atoms with Crippen LogP contribution in [-0.4, -0.2) is 52.9 Å². The molecule has 0 aromatic heterocycles. The van der Waals surface area contributed by atoms with Crippen LogP contribution < -0.4 is 5.32 Å². The van der Waals surface area contributed by atoms with Gasteiger partial charge in [-0.1, -0.05) is 18.2 Å². The molecule has 4 amide bonds. The molecule has 1 unspecified atom stereocenters. The summed E-state index contributed by atoms with van der Waals surface area (Å²) < 4.78 is 4.89. The van der Waals surface area contributed by atoms with Gasteiger partial charge in [0.2, 0.25) is 5.91 Å². The van der Waals surface area contributed by atoms with Gasteiger partial charge < -0.3 is 15.0 Å². The summed E-state index contributed by atoms with van der Waals surface area (Å²) >= 11 is 0. The van der Waals surface area contributed by atoms with E-state index in [4.69, 9.17) is 4.74 Å². The van der Waals surface area contributed by atoms with Crippen molar-refractivity contribution in [2.45, 2.75) is 32.4 Å². The molecule has 3 rings (SSSR count). The Morgan fingerprint density at radius 2 is 2.04 bits per heavy atom. The number of carbonyl (C=O) groups excluding carboxylic acids is 4. The van der Waals surface area contributed by atoms with E-state index in [2.05, 4.69) is 5.32 Å². The van der Waals surface area contributed by atoms with E-state index in [0.29, 0.717) is 18.7 Å². The molecule has 2 heterocycles. The maximum Gasteiger partial charge on any atom is 0.408 e. The van der Waals surface area contributed by atoms with E-state index >= 15 is 0 Å². The maximum atomic E-state index is 12.7. The molecule has 132 valence electrons. The van der Waals surface area contributed by atoms with E-state index in [1.807, 2.05) is 12.1 Å².